The molecule has 0 aliphatic rings. The first-order chi connectivity index (χ1) is 12.8. The number of ether oxygens (including phenoxy) is 1. The maximum absolute atomic E-state index is 12.2. The van der Waals surface area contributed by atoms with Crippen molar-refractivity contribution in [3.63, 3.8) is 0 Å². The summed E-state index contributed by atoms with van der Waals surface area (Å²) in [6, 6.07) is 11.9. The second-order valence-corrected chi connectivity index (χ2v) is 6.51. The van der Waals surface area contributed by atoms with Gasteiger partial charge in [-0.15, -0.1) is 13.2 Å². The molecule has 0 atom stereocenters. The second-order valence-electron chi connectivity index (χ2n) is 5.47. The van der Waals surface area contributed by atoms with E-state index in [0.29, 0.717) is 5.69 Å². The first kappa shape index (κ1) is 18.8. The van der Waals surface area contributed by atoms with Gasteiger partial charge >= 0.3 is 6.36 Å². The van der Waals surface area contributed by atoms with E-state index in [4.69, 9.17) is 0 Å². The Hall–Kier alpha value is -2.94. The fourth-order valence-corrected chi connectivity index (χ4v) is 2.97. The van der Waals surface area contributed by atoms with Gasteiger partial charge in [0.1, 0.15) is 5.75 Å². The number of halogens is 3. The monoisotopic (exact) mass is 393 g/mol. The number of nitrogens with one attached hydrogen (secondary N) is 1. The zero-order valence-corrected chi connectivity index (χ0v) is 14.8. The van der Waals surface area contributed by atoms with Gasteiger partial charge in [0.2, 0.25) is 0 Å². The zero-order valence-electron chi connectivity index (χ0n) is 14.0. The Morgan fingerprint density at radius 1 is 1.11 bits per heavy atom. The molecule has 2 aromatic carbocycles. The minimum absolute atomic E-state index is 0.219. The molecule has 0 radical (unpaired) electrons. The van der Waals surface area contributed by atoms with Crippen LogP contribution in [0.3, 0.4) is 0 Å². The van der Waals surface area contributed by atoms with Crippen molar-refractivity contribution in [3.05, 3.63) is 66.5 Å². The Labute approximate surface area is 157 Å². The molecule has 0 spiro atoms. The van der Waals surface area contributed by atoms with Crippen LogP contribution < -0.4 is 10.1 Å². The van der Waals surface area contributed by atoms with Crippen molar-refractivity contribution >= 4 is 23.4 Å². The van der Waals surface area contributed by atoms with Crippen LogP contribution in [0.5, 0.6) is 5.75 Å². The van der Waals surface area contributed by atoms with Gasteiger partial charge in [0.25, 0.3) is 5.91 Å². The van der Waals surface area contributed by atoms with Crippen molar-refractivity contribution in [3.8, 4) is 5.75 Å². The number of anilines is 1. The Morgan fingerprint density at radius 3 is 2.33 bits per heavy atom. The number of imidazole rings is 1. The summed E-state index contributed by atoms with van der Waals surface area (Å²) in [5.74, 6) is -0.812. The number of aryl methyl sites for hydroxylation is 1. The fourth-order valence-electron chi connectivity index (χ4n) is 2.17. The summed E-state index contributed by atoms with van der Waals surface area (Å²) in [5.41, 5.74) is 0.788. The summed E-state index contributed by atoms with van der Waals surface area (Å²) >= 11 is 1.48. The standard InChI is InChI=1S/C18H14F3N3O2S/c1-24-11-10-22-17(24)27-15-8-4-13(5-9-15)23-16(25)12-2-6-14(7-3-12)26-18(19,20)21/h2-11H,1H3,(H,23,25). The molecule has 1 amide bonds. The van der Waals surface area contributed by atoms with Gasteiger partial charge in [-0.2, -0.15) is 0 Å². The average molecular weight is 393 g/mol. The number of rotatable bonds is 5. The first-order valence-corrected chi connectivity index (χ1v) is 8.54. The molecule has 3 aromatic rings. The smallest absolute Gasteiger partial charge is 0.406 e. The quantitative estimate of drug-likeness (QED) is 0.681. The van der Waals surface area contributed by atoms with E-state index in [0.717, 1.165) is 22.2 Å². The number of amides is 1. The SMILES string of the molecule is Cn1ccnc1Sc1ccc(NC(=O)c2ccc(OC(F)(F)F)cc2)cc1. The summed E-state index contributed by atoms with van der Waals surface area (Å²) in [6.45, 7) is 0. The minimum Gasteiger partial charge on any atom is -0.406 e. The minimum atomic E-state index is -4.77. The molecule has 0 fully saturated rings. The Kier molecular flexibility index (Phi) is 5.41. The highest BCUT2D eigenvalue weighted by Crippen LogP contribution is 2.27. The molecule has 9 heteroatoms. The molecule has 0 unspecified atom stereocenters. The summed E-state index contributed by atoms with van der Waals surface area (Å²) in [7, 11) is 1.90. The van der Waals surface area contributed by atoms with Gasteiger partial charge in [-0.25, -0.2) is 4.98 Å². The lowest BCUT2D eigenvalue weighted by molar-refractivity contribution is -0.274. The van der Waals surface area contributed by atoms with Crippen LogP contribution in [0.4, 0.5) is 18.9 Å². The summed E-state index contributed by atoms with van der Waals surface area (Å²) in [4.78, 5) is 17.4. The van der Waals surface area contributed by atoms with Gasteiger partial charge in [0.15, 0.2) is 5.16 Å². The maximum atomic E-state index is 12.2. The molecule has 3 rings (SSSR count). The van der Waals surface area contributed by atoms with E-state index < -0.39 is 12.3 Å². The van der Waals surface area contributed by atoms with E-state index in [1.54, 1.807) is 18.3 Å². The van der Waals surface area contributed by atoms with E-state index in [1.807, 2.05) is 29.9 Å². The van der Waals surface area contributed by atoms with Crippen molar-refractivity contribution in [1.29, 1.82) is 0 Å². The number of hydrogen-bond donors (Lipinski definition) is 1. The van der Waals surface area contributed by atoms with Crippen molar-refractivity contribution in [2.24, 2.45) is 7.05 Å². The highest BCUT2D eigenvalue weighted by Gasteiger charge is 2.31. The third kappa shape index (κ3) is 5.27. The van der Waals surface area contributed by atoms with E-state index in [1.165, 1.54) is 23.9 Å². The largest absolute Gasteiger partial charge is 0.573 e. The van der Waals surface area contributed by atoms with E-state index in [2.05, 4.69) is 15.0 Å². The van der Waals surface area contributed by atoms with Gasteiger partial charge in [-0.05, 0) is 48.5 Å². The van der Waals surface area contributed by atoms with Gasteiger partial charge in [-0.1, -0.05) is 11.8 Å². The highest BCUT2D eigenvalue weighted by molar-refractivity contribution is 7.99. The van der Waals surface area contributed by atoms with E-state index in [-0.39, 0.29) is 11.3 Å². The lowest BCUT2D eigenvalue weighted by atomic mass is 10.2. The van der Waals surface area contributed by atoms with Crippen molar-refractivity contribution in [2.45, 2.75) is 16.4 Å². The topological polar surface area (TPSA) is 56.2 Å². The number of aromatic nitrogens is 2. The maximum Gasteiger partial charge on any atom is 0.573 e. The zero-order chi connectivity index (χ0) is 19.4. The van der Waals surface area contributed by atoms with Crippen molar-refractivity contribution < 1.29 is 22.7 Å². The summed E-state index contributed by atoms with van der Waals surface area (Å²) in [5, 5.41) is 3.53. The molecule has 5 nitrogen and oxygen atoms in total. The van der Waals surface area contributed by atoms with Gasteiger partial charge in [0.05, 0.1) is 0 Å². The van der Waals surface area contributed by atoms with Gasteiger partial charge in [0, 0.05) is 35.6 Å². The van der Waals surface area contributed by atoms with Crippen LogP contribution in [0.15, 0.2) is 71.0 Å². The normalized spacial score (nSPS) is 11.3. The predicted octanol–water partition coefficient (Wildman–Crippen LogP) is 4.72. The molecular weight excluding hydrogens is 379 g/mol. The molecule has 1 N–H and O–H groups in total. The van der Waals surface area contributed by atoms with Crippen LogP contribution in [0, 0.1) is 0 Å². The van der Waals surface area contributed by atoms with Gasteiger partial charge < -0.3 is 14.6 Å². The molecule has 1 heterocycles. The highest BCUT2D eigenvalue weighted by atomic mass is 32.2. The van der Waals surface area contributed by atoms with E-state index >= 15 is 0 Å². The molecular formula is C18H14F3N3O2S. The second kappa shape index (κ2) is 7.75. The van der Waals surface area contributed by atoms with Crippen molar-refractivity contribution in [1.82, 2.24) is 9.55 Å². The number of benzene rings is 2. The van der Waals surface area contributed by atoms with Crippen LogP contribution in [0.25, 0.3) is 0 Å². The predicted molar refractivity (Wildman–Crippen MR) is 94.9 cm³/mol. The Morgan fingerprint density at radius 2 is 1.78 bits per heavy atom. The first-order valence-electron chi connectivity index (χ1n) is 7.72. The molecule has 27 heavy (non-hydrogen) atoms. The molecule has 0 saturated carbocycles. The molecule has 0 bridgehead atoms. The lowest BCUT2D eigenvalue weighted by Gasteiger charge is -2.10. The van der Waals surface area contributed by atoms with Crippen LogP contribution in [0.1, 0.15) is 10.4 Å². The summed E-state index contributed by atoms with van der Waals surface area (Å²) in [6.07, 6.45) is -1.21. The van der Waals surface area contributed by atoms with Crippen LogP contribution in [-0.2, 0) is 7.05 Å². The summed E-state index contributed by atoms with van der Waals surface area (Å²) < 4.78 is 42.1. The fraction of sp³-hybridized carbons (Fsp3) is 0.111. The van der Waals surface area contributed by atoms with Crippen LogP contribution in [-0.4, -0.2) is 21.8 Å². The van der Waals surface area contributed by atoms with Crippen LogP contribution in [0.2, 0.25) is 0 Å². The number of hydrogen-bond acceptors (Lipinski definition) is 4. The Bertz CT molecular complexity index is 922. The molecule has 0 aliphatic heterocycles. The average Bonchev–Trinajstić information content (AvgIpc) is 3.00. The number of carbonyl (C=O) groups excluding carboxylic acids is 1. The lowest BCUT2D eigenvalue weighted by Crippen LogP contribution is -2.17. The number of carbonyl (C=O) groups is 1. The number of nitrogens with zero attached hydrogens (tertiary/aromatic N) is 2. The van der Waals surface area contributed by atoms with Crippen LogP contribution >= 0.6 is 11.8 Å². The van der Waals surface area contributed by atoms with Crippen molar-refractivity contribution in [2.75, 3.05) is 5.32 Å². The van der Waals surface area contributed by atoms with Gasteiger partial charge in [-0.3, -0.25) is 4.79 Å². The number of alkyl halides is 3. The molecule has 0 aliphatic carbocycles. The molecule has 1 aromatic heterocycles. The van der Waals surface area contributed by atoms with E-state index in [9.17, 15) is 18.0 Å². The Balaban J connectivity index is 1.61. The molecule has 0 saturated heterocycles. The third-order valence-corrected chi connectivity index (χ3v) is 4.53. The molecule has 140 valence electrons. The third-order valence-electron chi connectivity index (χ3n) is 3.45.